The summed E-state index contributed by atoms with van der Waals surface area (Å²) in [6, 6.07) is 10.3. The fourth-order valence-corrected chi connectivity index (χ4v) is 1.65. The number of nitrogens with one attached hydrogen (secondary N) is 1. The van der Waals surface area contributed by atoms with Gasteiger partial charge in [-0.1, -0.05) is 17.7 Å². The number of benzene rings is 1. The lowest BCUT2D eigenvalue weighted by molar-refractivity contribution is 0.0955. The number of halogens is 1. The van der Waals surface area contributed by atoms with Crippen molar-refractivity contribution in [3.8, 4) is 0 Å². The monoisotopic (exact) mass is 288 g/mol. The van der Waals surface area contributed by atoms with Crippen LogP contribution >= 0.6 is 11.6 Å². The summed E-state index contributed by atoms with van der Waals surface area (Å²) in [6.07, 6.45) is 5.11. The van der Waals surface area contributed by atoms with Gasteiger partial charge in [0.2, 0.25) is 0 Å². The number of amides is 1. The van der Waals surface area contributed by atoms with Crippen LogP contribution in [-0.4, -0.2) is 11.6 Å². The summed E-state index contributed by atoms with van der Waals surface area (Å²) < 4.78 is 5.15. The Kier molecular flexibility index (Phi) is 4.74. The Balaban J connectivity index is 1.96. The lowest BCUT2D eigenvalue weighted by atomic mass is 10.2. The first kappa shape index (κ1) is 14.1. The van der Waals surface area contributed by atoms with Gasteiger partial charge in [0.1, 0.15) is 5.76 Å². The first-order chi connectivity index (χ1) is 9.65. The van der Waals surface area contributed by atoms with E-state index in [1.54, 1.807) is 55.7 Å². The largest absolute Gasteiger partial charge is 0.465 e. The predicted octanol–water partition coefficient (Wildman–Crippen LogP) is 3.75. The summed E-state index contributed by atoms with van der Waals surface area (Å²) in [5.74, 6) is 0.416. The van der Waals surface area contributed by atoms with Crippen molar-refractivity contribution in [1.82, 2.24) is 5.43 Å². The number of nitrogens with zero attached hydrogens (tertiary/aromatic N) is 1. The van der Waals surface area contributed by atoms with Gasteiger partial charge in [-0.25, -0.2) is 5.43 Å². The van der Waals surface area contributed by atoms with E-state index >= 15 is 0 Å². The van der Waals surface area contributed by atoms with Gasteiger partial charge in [-0.15, -0.1) is 0 Å². The second-order valence-electron chi connectivity index (χ2n) is 4.05. The van der Waals surface area contributed by atoms with Crippen LogP contribution in [0.3, 0.4) is 0 Å². The molecule has 1 aromatic carbocycles. The van der Waals surface area contributed by atoms with Crippen LogP contribution in [0.15, 0.2) is 58.3 Å². The van der Waals surface area contributed by atoms with Crippen LogP contribution in [0.25, 0.3) is 6.08 Å². The maximum absolute atomic E-state index is 11.8. The minimum Gasteiger partial charge on any atom is -0.465 e. The maximum atomic E-state index is 11.8. The van der Waals surface area contributed by atoms with Gasteiger partial charge < -0.3 is 4.42 Å². The zero-order valence-electron chi connectivity index (χ0n) is 10.8. The molecule has 0 aliphatic rings. The van der Waals surface area contributed by atoms with Crippen LogP contribution in [-0.2, 0) is 0 Å². The van der Waals surface area contributed by atoms with Gasteiger partial charge in [0.05, 0.1) is 12.0 Å². The highest BCUT2D eigenvalue weighted by Gasteiger charge is 2.04. The van der Waals surface area contributed by atoms with E-state index in [1.165, 1.54) is 0 Å². The van der Waals surface area contributed by atoms with Crippen LogP contribution < -0.4 is 5.43 Å². The normalized spacial score (nSPS) is 11.8. The van der Waals surface area contributed by atoms with Gasteiger partial charge in [0.25, 0.3) is 5.91 Å². The topological polar surface area (TPSA) is 54.6 Å². The van der Waals surface area contributed by atoms with Gasteiger partial charge >= 0.3 is 0 Å². The van der Waals surface area contributed by atoms with Gasteiger partial charge in [-0.05, 0) is 49.4 Å². The Morgan fingerprint density at radius 1 is 1.35 bits per heavy atom. The third-order valence-corrected chi connectivity index (χ3v) is 2.69. The first-order valence-corrected chi connectivity index (χ1v) is 6.35. The molecule has 2 rings (SSSR count). The molecule has 0 unspecified atom stereocenters. The smallest absolute Gasteiger partial charge is 0.271 e. The maximum Gasteiger partial charge on any atom is 0.271 e. The number of hydrogen-bond acceptors (Lipinski definition) is 3. The number of rotatable bonds is 4. The third kappa shape index (κ3) is 4.10. The highest BCUT2D eigenvalue weighted by atomic mass is 35.5. The molecule has 102 valence electrons. The Labute approximate surface area is 121 Å². The van der Waals surface area contributed by atoms with Crippen LogP contribution in [0.4, 0.5) is 0 Å². The molecular weight excluding hydrogens is 276 g/mol. The molecule has 0 spiro atoms. The summed E-state index contributed by atoms with van der Waals surface area (Å²) in [6.45, 7) is 1.78. The van der Waals surface area contributed by atoms with Gasteiger partial charge in [-0.3, -0.25) is 4.79 Å². The second kappa shape index (κ2) is 6.73. The van der Waals surface area contributed by atoms with Gasteiger partial charge in [0, 0.05) is 10.6 Å². The molecule has 0 saturated heterocycles. The van der Waals surface area contributed by atoms with E-state index in [4.69, 9.17) is 16.0 Å². The minimum absolute atomic E-state index is 0.307. The van der Waals surface area contributed by atoms with Crippen molar-refractivity contribution >= 4 is 29.3 Å². The molecule has 20 heavy (non-hydrogen) atoms. The fourth-order valence-electron chi connectivity index (χ4n) is 1.46. The Hall–Kier alpha value is -2.33. The SMILES string of the molecule is CC(C=Cc1ccco1)=NNC(=O)c1cccc(Cl)c1. The van der Waals surface area contributed by atoms with E-state index in [2.05, 4.69) is 10.5 Å². The van der Waals surface area contributed by atoms with E-state index in [-0.39, 0.29) is 5.91 Å². The van der Waals surface area contributed by atoms with Crippen molar-refractivity contribution in [2.45, 2.75) is 6.92 Å². The molecule has 0 aliphatic heterocycles. The molecule has 1 N–H and O–H groups in total. The zero-order valence-corrected chi connectivity index (χ0v) is 11.6. The molecule has 0 saturated carbocycles. The minimum atomic E-state index is -0.307. The van der Waals surface area contributed by atoms with E-state index in [0.717, 1.165) is 5.76 Å². The van der Waals surface area contributed by atoms with Crippen molar-refractivity contribution in [2.75, 3.05) is 0 Å². The predicted molar refractivity (Wildman–Crippen MR) is 79.8 cm³/mol. The highest BCUT2D eigenvalue weighted by Crippen LogP contribution is 2.10. The number of carbonyl (C=O) groups is 1. The van der Waals surface area contributed by atoms with Crippen molar-refractivity contribution in [1.29, 1.82) is 0 Å². The summed E-state index contributed by atoms with van der Waals surface area (Å²) in [5.41, 5.74) is 3.58. The van der Waals surface area contributed by atoms with Crippen molar-refractivity contribution < 1.29 is 9.21 Å². The highest BCUT2D eigenvalue weighted by molar-refractivity contribution is 6.30. The summed E-state index contributed by atoms with van der Waals surface area (Å²) in [4.78, 5) is 11.8. The molecule has 0 radical (unpaired) electrons. The summed E-state index contributed by atoms with van der Waals surface area (Å²) in [7, 11) is 0. The standard InChI is InChI=1S/C15H13ClN2O2/c1-11(7-8-14-6-3-9-20-14)17-18-15(19)12-4-2-5-13(16)10-12/h2-10H,1H3,(H,18,19). The molecule has 1 aromatic heterocycles. The lowest BCUT2D eigenvalue weighted by Gasteiger charge is -2.00. The quantitative estimate of drug-likeness (QED) is 0.688. The number of hydrogen-bond donors (Lipinski definition) is 1. The second-order valence-corrected chi connectivity index (χ2v) is 4.49. The molecule has 4 nitrogen and oxygen atoms in total. The molecule has 5 heteroatoms. The lowest BCUT2D eigenvalue weighted by Crippen LogP contribution is -2.18. The Morgan fingerprint density at radius 2 is 2.20 bits per heavy atom. The van der Waals surface area contributed by atoms with E-state index < -0.39 is 0 Å². The van der Waals surface area contributed by atoms with Crippen molar-refractivity contribution in [3.05, 3.63) is 65.1 Å². The van der Waals surface area contributed by atoms with Gasteiger partial charge in [0.15, 0.2) is 0 Å². The van der Waals surface area contributed by atoms with E-state index in [9.17, 15) is 4.79 Å². The number of hydrazone groups is 1. The molecule has 1 amide bonds. The van der Waals surface area contributed by atoms with Crippen LogP contribution in [0, 0.1) is 0 Å². The molecule has 0 fully saturated rings. The Bertz CT molecular complexity index is 646. The average Bonchev–Trinajstić information content (AvgIpc) is 2.95. The average molecular weight is 289 g/mol. The number of furan rings is 1. The third-order valence-electron chi connectivity index (χ3n) is 2.45. The molecule has 0 aliphatic carbocycles. The van der Waals surface area contributed by atoms with Gasteiger partial charge in [-0.2, -0.15) is 5.10 Å². The molecule has 0 bridgehead atoms. The molecule has 0 atom stereocenters. The Morgan fingerprint density at radius 3 is 2.90 bits per heavy atom. The number of carbonyl (C=O) groups excluding carboxylic acids is 1. The van der Waals surface area contributed by atoms with E-state index in [0.29, 0.717) is 16.3 Å². The van der Waals surface area contributed by atoms with Crippen LogP contribution in [0.1, 0.15) is 23.0 Å². The van der Waals surface area contributed by atoms with E-state index in [1.807, 2.05) is 6.07 Å². The number of allylic oxidation sites excluding steroid dienone is 1. The molecular formula is C15H13ClN2O2. The molecule has 2 aromatic rings. The first-order valence-electron chi connectivity index (χ1n) is 5.97. The fraction of sp³-hybridized carbons (Fsp3) is 0.0667. The van der Waals surface area contributed by atoms with Crippen molar-refractivity contribution in [3.63, 3.8) is 0 Å². The van der Waals surface area contributed by atoms with Crippen LogP contribution in [0.2, 0.25) is 5.02 Å². The molecule has 1 heterocycles. The summed E-state index contributed by atoms with van der Waals surface area (Å²) >= 11 is 5.82. The zero-order chi connectivity index (χ0) is 14.4. The van der Waals surface area contributed by atoms with Crippen LogP contribution in [0.5, 0.6) is 0 Å². The van der Waals surface area contributed by atoms with Crippen molar-refractivity contribution in [2.24, 2.45) is 5.10 Å². The summed E-state index contributed by atoms with van der Waals surface area (Å²) in [5, 5.41) is 4.49.